The lowest BCUT2D eigenvalue weighted by Crippen LogP contribution is -2.01. The van der Waals surface area contributed by atoms with Crippen LogP contribution in [0.5, 0.6) is 5.75 Å². The number of aliphatic hydroxyl groups is 1. The van der Waals surface area contributed by atoms with Gasteiger partial charge in [-0.2, -0.15) is 0 Å². The zero-order valence-corrected chi connectivity index (χ0v) is 13.4. The van der Waals surface area contributed by atoms with Crippen LogP contribution in [0.4, 0.5) is 0 Å². The summed E-state index contributed by atoms with van der Waals surface area (Å²) in [7, 11) is 0. The normalized spacial score (nSPS) is 12.2. The standard InChI is InChI=1S/C17H19BrO2/c1-3-13-4-6-14(7-5-13)11-20-17-10-15(18)8-9-16(17)12(2)19/h4-10,12,19H,3,11H2,1-2H3/t12-/m0/s1. The number of halogens is 1. The van der Waals surface area contributed by atoms with Gasteiger partial charge in [0.25, 0.3) is 0 Å². The average Bonchev–Trinajstić information content (AvgIpc) is 2.45. The summed E-state index contributed by atoms with van der Waals surface area (Å²) in [4.78, 5) is 0. The van der Waals surface area contributed by atoms with Crippen molar-refractivity contribution in [2.45, 2.75) is 33.0 Å². The van der Waals surface area contributed by atoms with Gasteiger partial charge in [0.2, 0.25) is 0 Å². The van der Waals surface area contributed by atoms with Crippen molar-refractivity contribution in [3.8, 4) is 5.75 Å². The quantitative estimate of drug-likeness (QED) is 0.862. The molecule has 0 spiro atoms. The van der Waals surface area contributed by atoms with Gasteiger partial charge >= 0.3 is 0 Å². The number of benzene rings is 2. The Balaban J connectivity index is 2.11. The van der Waals surface area contributed by atoms with E-state index in [9.17, 15) is 5.11 Å². The molecule has 0 saturated heterocycles. The smallest absolute Gasteiger partial charge is 0.126 e. The van der Waals surface area contributed by atoms with E-state index in [1.54, 1.807) is 6.92 Å². The highest BCUT2D eigenvalue weighted by atomic mass is 79.9. The van der Waals surface area contributed by atoms with Crippen molar-refractivity contribution in [3.05, 3.63) is 63.6 Å². The predicted octanol–water partition coefficient (Wildman–Crippen LogP) is 4.64. The summed E-state index contributed by atoms with van der Waals surface area (Å²) in [6, 6.07) is 14.1. The zero-order valence-electron chi connectivity index (χ0n) is 11.8. The molecule has 0 aliphatic rings. The summed E-state index contributed by atoms with van der Waals surface area (Å²) >= 11 is 3.43. The van der Waals surface area contributed by atoms with Gasteiger partial charge in [0.15, 0.2) is 0 Å². The molecule has 1 N–H and O–H groups in total. The molecular formula is C17H19BrO2. The van der Waals surface area contributed by atoms with Crippen LogP contribution in [0.1, 0.15) is 36.6 Å². The van der Waals surface area contributed by atoms with Crippen molar-refractivity contribution in [1.29, 1.82) is 0 Å². The van der Waals surface area contributed by atoms with Crippen LogP contribution in [-0.2, 0) is 13.0 Å². The fourth-order valence-electron chi connectivity index (χ4n) is 2.01. The van der Waals surface area contributed by atoms with E-state index in [2.05, 4.69) is 47.1 Å². The van der Waals surface area contributed by atoms with Crippen molar-refractivity contribution in [1.82, 2.24) is 0 Å². The number of hydrogen-bond donors (Lipinski definition) is 1. The van der Waals surface area contributed by atoms with Crippen molar-refractivity contribution < 1.29 is 9.84 Å². The van der Waals surface area contributed by atoms with Gasteiger partial charge in [-0.3, -0.25) is 0 Å². The maximum Gasteiger partial charge on any atom is 0.126 e. The Labute approximate surface area is 128 Å². The molecule has 1 atom stereocenters. The van der Waals surface area contributed by atoms with Gasteiger partial charge < -0.3 is 9.84 Å². The molecule has 0 aliphatic carbocycles. The van der Waals surface area contributed by atoms with Crippen molar-refractivity contribution >= 4 is 15.9 Å². The van der Waals surface area contributed by atoms with Gasteiger partial charge in [-0.15, -0.1) is 0 Å². The number of hydrogen-bond acceptors (Lipinski definition) is 2. The van der Waals surface area contributed by atoms with Crippen LogP contribution in [0.3, 0.4) is 0 Å². The van der Waals surface area contributed by atoms with Crippen LogP contribution >= 0.6 is 15.9 Å². The minimum Gasteiger partial charge on any atom is -0.488 e. The Hall–Kier alpha value is -1.32. The molecule has 0 aliphatic heterocycles. The molecule has 2 rings (SSSR count). The first kappa shape index (κ1) is 15.1. The van der Waals surface area contributed by atoms with Crippen LogP contribution in [0.2, 0.25) is 0 Å². The van der Waals surface area contributed by atoms with Gasteiger partial charge in [0, 0.05) is 10.0 Å². The summed E-state index contributed by atoms with van der Waals surface area (Å²) in [6.07, 6.45) is 0.499. The summed E-state index contributed by atoms with van der Waals surface area (Å²) in [5.74, 6) is 0.717. The van der Waals surface area contributed by atoms with Crippen LogP contribution in [-0.4, -0.2) is 5.11 Å². The van der Waals surface area contributed by atoms with Gasteiger partial charge in [-0.05, 0) is 36.6 Å². The molecule has 106 valence electrons. The third-order valence-electron chi connectivity index (χ3n) is 3.25. The second kappa shape index (κ2) is 6.91. The van der Waals surface area contributed by atoms with Crippen molar-refractivity contribution in [3.63, 3.8) is 0 Å². The van der Waals surface area contributed by atoms with Gasteiger partial charge in [-0.1, -0.05) is 53.2 Å². The van der Waals surface area contributed by atoms with E-state index >= 15 is 0 Å². The SMILES string of the molecule is CCc1ccc(COc2cc(Br)ccc2[C@H](C)O)cc1. The van der Waals surface area contributed by atoms with Crippen molar-refractivity contribution in [2.24, 2.45) is 0 Å². The molecule has 3 heteroatoms. The lowest BCUT2D eigenvalue weighted by Gasteiger charge is -2.14. The molecule has 2 aromatic carbocycles. The molecule has 2 aromatic rings. The third-order valence-corrected chi connectivity index (χ3v) is 3.74. The van der Waals surface area contributed by atoms with E-state index in [0.29, 0.717) is 12.4 Å². The van der Waals surface area contributed by atoms with Crippen LogP contribution in [0, 0.1) is 0 Å². The molecule has 0 amide bonds. The van der Waals surface area contributed by atoms with Gasteiger partial charge in [-0.25, -0.2) is 0 Å². The number of aliphatic hydroxyl groups excluding tert-OH is 1. The largest absolute Gasteiger partial charge is 0.488 e. The van der Waals surface area contributed by atoms with E-state index < -0.39 is 6.10 Å². The Morgan fingerprint density at radius 1 is 1.10 bits per heavy atom. The molecule has 0 unspecified atom stereocenters. The Morgan fingerprint density at radius 3 is 2.35 bits per heavy atom. The van der Waals surface area contributed by atoms with E-state index in [1.165, 1.54) is 5.56 Å². The zero-order chi connectivity index (χ0) is 14.5. The lowest BCUT2D eigenvalue weighted by molar-refractivity contribution is 0.190. The average molecular weight is 335 g/mol. The first-order chi connectivity index (χ1) is 9.60. The second-order valence-corrected chi connectivity index (χ2v) is 5.73. The topological polar surface area (TPSA) is 29.5 Å². The molecule has 0 aromatic heterocycles. The molecule has 0 fully saturated rings. The molecule has 2 nitrogen and oxygen atoms in total. The molecule has 0 saturated carbocycles. The number of aryl methyl sites for hydroxylation is 1. The predicted molar refractivity (Wildman–Crippen MR) is 84.9 cm³/mol. The molecule has 20 heavy (non-hydrogen) atoms. The summed E-state index contributed by atoms with van der Waals surface area (Å²) in [6.45, 7) is 4.38. The summed E-state index contributed by atoms with van der Waals surface area (Å²) < 4.78 is 6.79. The monoisotopic (exact) mass is 334 g/mol. The van der Waals surface area contributed by atoms with Crippen molar-refractivity contribution in [2.75, 3.05) is 0 Å². The van der Waals surface area contributed by atoms with E-state index in [1.807, 2.05) is 18.2 Å². The van der Waals surface area contributed by atoms with Crippen LogP contribution in [0.25, 0.3) is 0 Å². The Morgan fingerprint density at radius 2 is 1.75 bits per heavy atom. The Kier molecular flexibility index (Phi) is 5.21. The van der Waals surface area contributed by atoms with Crippen LogP contribution < -0.4 is 4.74 Å². The summed E-state index contributed by atoms with van der Waals surface area (Å²) in [5.41, 5.74) is 3.25. The minimum absolute atomic E-state index is 0.500. The molecular weight excluding hydrogens is 316 g/mol. The lowest BCUT2D eigenvalue weighted by atomic mass is 10.1. The van der Waals surface area contributed by atoms with E-state index in [4.69, 9.17) is 4.74 Å². The first-order valence-corrected chi connectivity index (χ1v) is 7.57. The highest BCUT2D eigenvalue weighted by Gasteiger charge is 2.10. The first-order valence-electron chi connectivity index (χ1n) is 6.78. The molecule has 0 radical (unpaired) electrons. The molecule has 0 bridgehead atoms. The fraction of sp³-hybridized carbons (Fsp3) is 0.294. The third kappa shape index (κ3) is 3.84. The number of ether oxygens (including phenoxy) is 1. The molecule has 0 heterocycles. The Bertz CT molecular complexity index is 562. The summed E-state index contributed by atoms with van der Waals surface area (Å²) in [5, 5.41) is 9.77. The highest BCUT2D eigenvalue weighted by Crippen LogP contribution is 2.29. The van der Waals surface area contributed by atoms with Gasteiger partial charge in [0.1, 0.15) is 12.4 Å². The second-order valence-electron chi connectivity index (χ2n) is 4.82. The maximum atomic E-state index is 9.77. The maximum absolute atomic E-state index is 9.77. The van der Waals surface area contributed by atoms with E-state index in [0.717, 1.165) is 22.0 Å². The highest BCUT2D eigenvalue weighted by molar-refractivity contribution is 9.10. The van der Waals surface area contributed by atoms with Gasteiger partial charge in [0.05, 0.1) is 6.10 Å². The number of rotatable bonds is 5. The van der Waals surface area contributed by atoms with Crippen LogP contribution in [0.15, 0.2) is 46.9 Å². The van der Waals surface area contributed by atoms with E-state index in [-0.39, 0.29) is 0 Å². The minimum atomic E-state index is -0.541. The fourth-order valence-corrected chi connectivity index (χ4v) is 2.35.